The van der Waals surface area contributed by atoms with Crippen molar-refractivity contribution in [2.45, 2.75) is 50.5 Å². The van der Waals surface area contributed by atoms with Crippen LogP contribution in [0.4, 0.5) is 0 Å². The average molecular weight is 251 g/mol. The van der Waals surface area contributed by atoms with Crippen molar-refractivity contribution < 1.29 is 9.90 Å². The highest BCUT2D eigenvalue weighted by Crippen LogP contribution is 2.26. The highest BCUT2D eigenvalue weighted by atomic mass is 16.3. The Morgan fingerprint density at radius 1 is 1.39 bits per heavy atom. The highest BCUT2D eigenvalue weighted by molar-refractivity contribution is 5.78. The lowest BCUT2D eigenvalue weighted by Crippen LogP contribution is -2.43. The second-order valence-electron chi connectivity index (χ2n) is 5.17. The first-order valence-corrected chi connectivity index (χ1v) is 6.65. The zero-order valence-electron chi connectivity index (χ0n) is 10.6. The summed E-state index contributed by atoms with van der Waals surface area (Å²) in [6, 6.07) is 1.78. The van der Waals surface area contributed by atoms with Crippen LogP contribution < -0.4 is 5.32 Å². The van der Waals surface area contributed by atoms with E-state index in [0.29, 0.717) is 6.54 Å². The van der Waals surface area contributed by atoms with Crippen LogP contribution in [-0.4, -0.2) is 33.4 Å². The van der Waals surface area contributed by atoms with Crippen molar-refractivity contribution in [3.05, 3.63) is 18.0 Å². The van der Waals surface area contributed by atoms with Crippen molar-refractivity contribution in [2.75, 3.05) is 6.54 Å². The van der Waals surface area contributed by atoms with Crippen LogP contribution >= 0.6 is 0 Å². The van der Waals surface area contributed by atoms with Crippen molar-refractivity contribution in [1.29, 1.82) is 0 Å². The van der Waals surface area contributed by atoms with Crippen LogP contribution in [0.2, 0.25) is 0 Å². The fraction of sp³-hybridized carbons (Fsp3) is 0.692. The maximum absolute atomic E-state index is 11.7. The Kier molecular flexibility index (Phi) is 4.36. The molecule has 3 N–H and O–H groups in total. The van der Waals surface area contributed by atoms with Crippen LogP contribution in [0.3, 0.4) is 0 Å². The van der Waals surface area contributed by atoms with Crippen LogP contribution in [0, 0.1) is 0 Å². The van der Waals surface area contributed by atoms with E-state index in [1.54, 1.807) is 12.3 Å². The summed E-state index contributed by atoms with van der Waals surface area (Å²) < 4.78 is 0. The van der Waals surface area contributed by atoms with Gasteiger partial charge in [-0.15, -0.1) is 0 Å². The quantitative estimate of drug-likeness (QED) is 0.702. The third kappa shape index (κ3) is 3.84. The molecule has 1 amide bonds. The highest BCUT2D eigenvalue weighted by Gasteiger charge is 2.28. The molecule has 0 aliphatic heterocycles. The normalized spacial score (nSPS) is 19.2. The first-order valence-electron chi connectivity index (χ1n) is 6.65. The summed E-state index contributed by atoms with van der Waals surface area (Å²) in [5.74, 6) is -0.0723. The SMILES string of the molecule is O=C(Cc1ccn[nH]1)NCC1(O)CCCCCC1. The Labute approximate surface area is 107 Å². The third-order valence-electron chi connectivity index (χ3n) is 3.56. The van der Waals surface area contributed by atoms with E-state index < -0.39 is 5.60 Å². The van der Waals surface area contributed by atoms with Crippen LogP contribution in [0.1, 0.15) is 44.2 Å². The second-order valence-corrected chi connectivity index (χ2v) is 5.17. The van der Waals surface area contributed by atoms with E-state index in [1.165, 1.54) is 12.8 Å². The molecule has 1 aromatic rings. The molecule has 0 aromatic carbocycles. The maximum Gasteiger partial charge on any atom is 0.226 e. The van der Waals surface area contributed by atoms with Gasteiger partial charge in [-0.3, -0.25) is 9.89 Å². The van der Waals surface area contributed by atoms with E-state index in [2.05, 4.69) is 15.5 Å². The second kappa shape index (κ2) is 6.00. The number of carbonyl (C=O) groups excluding carboxylic acids is 1. The summed E-state index contributed by atoms with van der Waals surface area (Å²) in [6.45, 7) is 0.361. The summed E-state index contributed by atoms with van der Waals surface area (Å²) in [5, 5.41) is 19.8. The first kappa shape index (κ1) is 13.1. The molecule has 1 heterocycles. The van der Waals surface area contributed by atoms with Crippen LogP contribution in [-0.2, 0) is 11.2 Å². The first-order chi connectivity index (χ1) is 8.68. The molecule has 100 valence electrons. The summed E-state index contributed by atoms with van der Waals surface area (Å²) >= 11 is 0. The molecule has 5 heteroatoms. The number of H-pyrrole nitrogens is 1. The molecule has 0 radical (unpaired) electrons. The molecule has 1 aromatic heterocycles. The standard InChI is InChI=1S/C13H21N3O2/c17-12(9-11-5-8-15-16-11)14-10-13(18)6-3-1-2-4-7-13/h5,8,18H,1-4,6-7,9-10H2,(H,14,17)(H,15,16). The number of rotatable bonds is 4. The summed E-state index contributed by atoms with van der Waals surface area (Å²) in [7, 11) is 0. The largest absolute Gasteiger partial charge is 0.388 e. The van der Waals surface area contributed by atoms with Gasteiger partial charge in [-0.2, -0.15) is 5.10 Å². The lowest BCUT2D eigenvalue weighted by atomic mass is 9.94. The molecule has 0 atom stereocenters. The van der Waals surface area contributed by atoms with Gasteiger partial charge < -0.3 is 10.4 Å². The van der Waals surface area contributed by atoms with Gasteiger partial charge in [-0.1, -0.05) is 25.7 Å². The summed E-state index contributed by atoms with van der Waals surface area (Å²) in [6.07, 6.45) is 7.96. The lowest BCUT2D eigenvalue weighted by molar-refractivity contribution is -0.121. The van der Waals surface area contributed by atoms with Gasteiger partial charge in [-0.05, 0) is 18.9 Å². The van der Waals surface area contributed by atoms with Crippen molar-refractivity contribution >= 4 is 5.91 Å². The van der Waals surface area contributed by atoms with E-state index in [9.17, 15) is 9.90 Å². The van der Waals surface area contributed by atoms with E-state index in [-0.39, 0.29) is 12.3 Å². The van der Waals surface area contributed by atoms with Crippen molar-refractivity contribution in [3.63, 3.8) is 0 Å². The van der Waals surface area contributed by atoms with Gasteiger partial charge in [0, 0.05) is 18.4 Å². The number of aromatic nitrogens is 2. The fourth-order valence-corrected chi connectivity index (χ4v) is 2.45. The molecular formula is C13H21N3O2. The molecule has 1 aliphatic rings. The van der Waals surface area contributed by atoms with Gasteiger partial charge in [-0.25, -0.2) is 0 Å². The number of hydrogen-bond donors (Lipinski definition) is 3. The van der Waals surface area contributed by atoms with Gasteiger partial charge in [0.25, 0.3) is 0 Å². The molecule has 1 aliphatic carbocycles. The molecule has 5 nitrogen and oxygen atoms in total. The van der Waals surface area contributed by atoms with Gasteiger partial charge in [0.05, 0.1) is 12.0 Å². The fourth-order valence-electron chi connectivity index (χ4n) is 2.45. The number of carbonyl (C=O) groups is 1. The van der Waals surface area contributed by atoms with Gasteiger partial charge in [0.2, 0.25) is 5.91 Å². The van der Waals surface area contributed by atoms with Gasteiger partial charge in [0.1, 0.15) is 0 Å². The number of hydrogen-bond acceptors (Lipinski definition) is 3. The molecule has 2 rings (SSSR count). The smallest absolute Gasteiger partial charge is 0.226 e. The van der Waals surface area contributed by atoms with E-state index in [1.807, 2.05) is 0 Å². The van der Waals surface area contributed by atoms with Crippen molar-refractivity contribution in [1.82, 2.24) is 15.5 Å². The number of nitrogens with zero attached hydrogens (tertiary/aromatic N) is 1. The molecular weight excluding hydrogens is 230 g/mol. The minimum atomic E-state index is -0.708. The molecule has 18 heavy (non-hydrogen) atoms. The minimum Gasteiger partial charge on any atom is -0.388 e. The van der Waals surface area contributed by atoms with Crippen LogP contribution in [0.25, 0.3) is 0 Å². The van der Waals surface area contributed by atoms with Crippen molar-refractivity contribution in [2.24, 2.45) is 0 Å². The number of aliphatic hydroxyl groups is 1. The van der Waals surface area contributed by atoms with Crippen LogP contribution in [0.15, 0.2) is 12.3 Å². The molecule has 0 spiro atoms. The Morgan fingerprint density at radius 3 is 2.72 bits per heavy atom. The zero-order valence-corrected chi connectivity index (χ0v) is 10.6. The minimum absolute atomic E-state index is 0.0723. The van der Waals surface area contributed by atoms with Gasteiger partial charge in [0.15, 0.2) is 0 Å². The maximum atomic E-state index is 11.7. The van der Waals surface area contributed by atoms with Crippen molar-refractivity contribution in [3.8, 4) is 0 Å². The van der Waals surface area contributed by atoms with Gasteiger partial charge >= 0.3 is 0 Å². The third-order valence-corrected chi connectivity index (χ3v) is 3.56. The molecule has 0 unspecified atom stereocenters. The van der Waals surface area contributed by atoms with Crippen LogP contribution in [0.5, 0.6) is 0 Å². The number of aromatic amines is 1. The predicted molar refractivity (Wildman–Crippen MR) is 68.0 cm³/mol. The average Bonchev–Trinajstić information content (AvgIpc) is 2.75. The predicted octanol–water partition coefficient (Wildman–Crippen LogP) is 1.15. The number of amides is 1. The lowest BCUT2D eigenvalue weighted by Gasteiger charge is -2.26. The number of nitrogens with one attached hydrogen (secondary N) is 2. The molecule has 1 saturated carbocycles. The van der Waals surface area contributed by atoms with E-state index in [0.717, 1.165) is 31.4 Å². The van der Waals surface area contributed by atoms with E-state index >= 15 is 0 Å². The molecule has 0 saturated heterocycles. The zero-order chi connectivity index (χ0) is 12.8. The Bertz CT molecular complexity index is 368. The Balaban J connectivity index is 1.77. The summed E-state index contributed by atoms with van der Waals surface area (Å²) in [4.78, 5) is 11.7. The van der Waals surface area contributed by atoms with E-state index in [4.69, 9.17) is 0 Å². The summed E-state index contributed by atoms with van der Waals surface area (Å²) in [5.41, 5.74) is 0.0838. The monoisotopic (exact) mass is 251 g/mol. The molecule has 1 fully saturated rings. The Hall–Kier alpha value is -1.36. The molecule has 0 bridgehead atoms. The Morgan fingerprint density at radius 2 is 2.11 bits per heavy atom. The topological polar surface area (TPSA) is 78.0 Å².